The van der Waals surface area contributed by atoms with Crippen molar-refractivity contribution in [3.05, 3.63) is 0 Å². The van der Waals surface area contributed by atoms with Crippen LogP contribution in [0.15, 0.2) is 5.10 Å². The third-order valence-corrected chi connectivity index (χ3v) is 5.94. The number of nitrogens with one attached hydrogen (secondary N) is 5. The first kappa shape index (κ1) is 24.1. The number of nitrogens with zero attached hydrogens (tertiary/aromatic N) is 1. The number of hydrogen-bond donors (Lipinski definition) is 5. The Bertz CT molecular complexity index is 606. The molecular formula is C20H36N6O4. The van der Waals surface area contributed by atoms with Crippen LogP contribution in [0, 0.1) is 11.8 Å². The molecular weight excluding hydrogens is 388 g/mol. The van der Waals surface area contributed by atoms with Crippen molar-refractivity contribution in [2.24, 2.45) is 16.9 Å². The molecule has 2 fully saturated rings. The van der Waals surface area contributed by atoms with Gasteiger partial charge < -0.3 is 26.0 Å². The topological polar surface area (TPSA) is 133 Å². The average Bonchev–Trinajstić information content (AvgIpc) is 3.26. The van der Waals surface area contributed by atoms with Crippen LogP contribution >= 0.6 is 0 Å². The second kappa shape index (κ2) is 12.5. The number of urea groups is 1. The molecule has 5 N–H and O–H groups in total. The van der Waals surface area contributed by atoms with Gasteiger partial charge in [0, 0.05) is 39.4 Å². The van der Waals surface area contributed by atoms with Crippen molar-refractivity contribution in [1.82, 2.24) is 26.7 Å². The number of amides is 4. The quantitative estimate of drug-likeness (QED) is 0.264. The van der Waals surface area contributed by atoms with Gasteiger partial charge in [-0.3, -0.25) is 9.59 Å². The maximum Gasteiger partial charge on any atom is 0.335 e. The predicted molar refractivity (Wildman–Crippen MR) is 114 cm³/mol. The lowest BCUT2D eigenvalue weighted by atomic mass is 9.81. The van der Waals surface area contributed by atoms with Gasteiger partial charge in [0.05, 0.1) is 18.2 Å². The van der Waals surface area contributed by atoms with Crippen molar-refractivity contribution in [3.63, 3.8) is 0 Å². The Balaban J connectivity index is 1.64. The minimum Gasteiger partial charge on any atom is -0.380 e. The Morgan fingerprint density at radius 2 is 1.93 bits per heavy atom. The molecule has 170 valence electrons. The first-order valence-corrected chi connectivity index (χ1v) is 10.8. The monoisotopic (exact) mass is 424 g/mol. The molecule has 2 rings (SSSR count). The van der Waals surface area contributed by atoms with Crippen molar-refractivity contribution in [2.45, 2.75) is 63.6 Å². The van der Waals surface area contributed by atoms with E-state index in [9.17, 15) is 14.4 Å². The molecule has 0 aromatic rings. The summed E-state index contributed by atoms with van der Waals surface area (Å²) in [4.78, 5) is 35.9. The molecule has 0 radical (unpaired) electrons. The normalized spacial score (nSPS) is 27.4. The molecule has 1 saturated heterocycles. The van der Waals surface area contributed by atoms with Crippen LogP contribution in [0.4, 0.5) is 4.79 Å². The fourth-order valence-electron chi connectivity index (χ4n) is 3.91. The summed E-state index contributed by atoms with van der Waals surface area (Å²) in [7, 11) is 3.30. The third kappa shape index (κ3) is 7.56. The molecule has 2 aliphatic rings. The van der Waals surface area contributed by atoms with E-state index in [2.05, 4.69) is 31.8 Å². The van der Waals surface area contributed by atoms with Crippen molar-refractivity contribution in [3.8, 4) is 0 Å². The largest absolute Gasteiger partial charge is 0.380 e. The number of carbonyl (C=O) groups excluding carboxylic acids is 3. The van der Waals surface area contributed by atoms with E-state index < -0.39 is 0 Å². The fourth-order valence-corrected chi connectivity index (χ4v) is 3.91. The van der Waals surface area contributed by atoms with Gasteiger partial charge >= 0.3 is 6.03 Å². The molecule has 0 unspecified atom stereocenters. The van der Waals surface area contributed by atoms with E-state index in [1.54, 1.807) is 14.2 Å². The van der Waals surface area contributed by atoms with Crippen LogP contribution in [0.5, 0.6) is 0 Å². The summed E-state index contributed by atoms with van der Waals surface area (Å²) in [6, 6.07) is -0.908. The van der Waals surface area contributed by atoms with E-state index in [-0.39, 0.29) is 42.0 Å². The summed E-state index contributed by atoms with van der Waals surface area (Å²) in [5.41, 5.74) is 2.45. The molecule has 1 aliphatic heterocycles. The predicted octanol–water partition coefficient (Wildman–Crippen LogP) is 0.0955. The molecule has 0 aromatic heterocycles. The number of methoxy groups -OCH3 is 1. The number of carbonyl (C=O) groups is 3. The number of ether oxygens (including phenoxy) is 1. The zero-order chi connectivity index (χ0) is 21.9. The SMILES string of the molecule is CC[C@@H](/C=N/NC(=O)NCC1CCC(C(=O)NC)CC1)NC(=O)[C@@H]1C[C@@H](OC)CN1. The minimum absolute atomic E-state index is 0.0544. The van der Waals surface area contributed by atoms with E-state index in [0.29, 0.717) is 31.8 Å². The lowest BCUT2D eigenvalue weighted by Crippen LogP contribution is -2.46. The van der Waals surface area contributed by atoms with Gasteiger partial charge in [-0.05, 0) is 44.4 Å². The minimum atomic E-state index is -0.374. The Hall–Kier alpha value is -2.20. The van der Waals surface area contributed by atoms with Gasteiger partial charge in [0.25, 0.3) is 0 Å². The van der Waals surface area contributed by atoms with Gasteiger partial charge in [0.15, 0.2) is 0 Å². The first-order chi connectivity index (χ1) is 14.5. The highest BCUT2D eigenvalue weighted by molar-refractivity contribution is 5.85. The maximum absolute atomic E-state index is 12.3. The summed E-state index contributed by atoms with van der Waals surface area (Å²) in [5, 5.41) is 15.5. The molecule has 4 amide bonds. The summed E-state index contributed by atoms with van der Waals surface area (Å²) < 4.78 is 5.26. The molecule has 0 bridgehead atoms. The molecule has 0 spiro atoms. The molecule has 1 aliphatic carbocycles. The van der Waals surface area contributed by atoms with Crippen LogP contribution in [0.1, 0.15) is 45.4 Å². The van der Waals surface area contributed by atoms with E-state index in [4.69, 9.17) is 4.74 Å². The van der Waals surface area contributed by atoms with E-state index in [0.717, 1.165) is 25.7 Å². The van der Waals surface area contributed by atoms with E-state index in [1.807, 2.05) is 6.92 Å². The highest BCUT2D eigenvalue weighted by Gasteiger charge is 2.30. The van der Waals surface area contributed by atoms with Gasteiger partial charge in [-0.15, -0.1) is 0 Å². The number of hydrazone groups is 1. The Kier molecular flexibility index (Phi) is 10.0. The first-order valence-electron chi connectivity index (χ1n) is 10.8. The van der Waals surface area contributed by atoms with Gasteiger partial charge in [0.1, 0.15) is 0 Å². The van der Waals surface area contributed by atoms with Crippen LogP contribution < -0.4 is 26.7 Å². The molecule has 30 heavy (non-hydrogen) atoms. The highest BCUT2D eigenvalue weighted by atomic mass is 16.5. The van der Waals surface area contributed by atoms with Crippen LogP contribution in [-0.4, -0.2) is 69.5 Å². The lowest BCUT2D eigenvalue weighted by molar-refractivity contribution is -0.125. The zero-order valence-corrected chi connectivity index (χ0v) is 18.2. The molecule has 10 nitrogen and oxygen atoms in total. The highest BCUT2D eigenvalue weighted by Crippen LogP contribution is 2.28. The third-order valence-electron chi connectivity index (χ3n) is 5.94. The molecule has 1 saturated carbocycles. The molecule has 3 atom stereocenters. The molecule has 0 aromatic carbocycles. The Labute approximate surface area is 178 Å². The second-order valence-electron chi connectivity index (χ2n) is 8.01. The number of hydrogen-bond acceptors (Lipinski definition) is 6. The Morgan fingerprint density at radius 3 is 2.53 bits per heavy atom. The van der Waals surface area contributed by atoms with Crippen molar-refractivity contribution in [2.75, 3.05) is 27.2 Å². The Morgan fingerprint density at radius 1 is 1.20 bits per heavy atom. The molecule has 10 heteroatoms. The van der Waals surface area contributed by atoms with Crippen molar-refractivity contribution >= 4 is 24.1 Å². The summed E-state index contributed by atoms with van der Waals surface area (Å²) in [6.07, 6.45) is 6.44. The van der Waals surface area contributed by atoms with E-state index in [1.165, 1.54) is 6.21 Å². The summed E-state index contributed by atoms with van der Waals surface area (Å²) in [5.74, 6) is 0.474. The van der Waals surface area contributed by atoms with E-state index >= 15 is 0 Å². The molecule has 1 heterocycles. The zero-order valence-electron chi connectivity index (χ0n) is 18.2. The van der Waals surface area contributed by atoms with Gasteiger partial charge in [-0.1, -0.05) is 6.92 Å². The summed E-state index contributed by atoms with van der Waals surface area (Å²) >= 11 is 0. The average molecular weight is 425 g/mol. The van der Waals surface area contributed by atoms with Crippen LogP contribution in [0.2, 0.25) is 0 Å². The lowest BCUT2D eigenvalue weighted by Gasteiger charge is -2.27. The number of rotatable bonds is 9. The van der Waals surface area contributed by atoms with Crippen molar-refractivity contribution < 1.29 is 19.1 Å². The van der Waals surface area contributed by atoms with Gasteiger partial charge in [-0.25, -0.2) is 10.2 Å². The van der Waals surface area contributed by atoms with Crippen LogP contribution in [-0.2, 0) is 14.3 Å². The summed E-state index contributed by atoms with van der Waals surface area (Å²) in [6.45, 7) is 3.16. The fraction of sp³-hybridized carbons (Fsp3) is 0.800. The van der Waals surface area contributed by atoms with Crippen LogP contribution in [0.25, 0.3) is 0 Å². The second-order valence-corrected chi connectivity index (χ2v) is 8.01. The van der Waals surface area contributed by atoms with Gasteiger partial charge in [-0.2, -0.15) is 5.10 Å². The smallest absolute Gasteiger partial charge is 0.335 e. The maximum atomic E-state index is 12.3. The van der Waals surface area contributed by atoms with Gasteiger partial charge in [0.2, 0.25) is 11.8 Å². The standard InChI is InChI=1S/C20H36N6O4/c1-4-15(25-19(28)17-9-16(30-3)12-22-17)11-24-26-20(29)23-10-13-5-7-14(8-6-13)18(27)21-2/h11,13-17,22H,4-10,12H2,1-3H3,(H,21,27)(H,25,28)(H2,23,26,29)/b24-11+/t13?,14?,15-,16+,17-/m0/s1. The van der Waals surface area contributed by atoms with Crippen molar-refractivity contribution in [1.29, 1.82) is 0 Å². The van der Waals surface area contributed by atoms with Crippen LogP contribution in [0.3, 0.4) is 0 Å².